The molecule has 142 valence electrons. The second kappa shape index (κ2) is 8.39. The summed E-state index contributed by atoms with van der Waals surface area (Å²) in [7, 11) is 0. The second-order valence-corrected chi connectivity index (χ2v) is 8.74. The molecule has 6 nitrogen and oxygen atoms in total. The predicted octanol–water partition coefficient (Wildman–Crippen LogP) is 3.95. The van der Waals surface area contributed by atoms with E-state index in [1.165, 1.54) is 12.8 Å². The first-order valence-electron chi connectivity index (χ1n) is 9.35. The van der Waals surface area contributed by atoms with Crippen LogP contribution < -0.4 is 9.80 Å². The summed E-state index contributed by atoms with van der Waals surface area (Å²) >= 11 is 3.36. The van der Waals surface area contributed by atoms with E-state index in [2.05, 4.69) is 55.0 Å². The Morgan fingerprint density at radius 2 is 2.07 bits per heavy atom. The van der Waals surface area contributed by atoms with E-state index in [4.69, 9.17) is 0 Å². The SMILES string of the molecule is CCN(CC1CCN(c2ccccn2)CC1)c1ncnc2nc(SC)sc12. The molecule has 1 aliphatic heterocycles. The number of anilines is 2. The highest BCUT2D eigenvalue weighted by Crippen LogP contribution is 2.33. The highest BCUT2D eigenvalue weighted by atomic mass is 32.2. The molecule has 27 heavy (non-hydrogen) atoms. The largest absolute Gasteiger partial charge is 0.357 e. The van der Waals surface area contributed by atoms with Crippen molar-refractivity contribution in [2.75, 3.05) is 42.2 Å². The number of rotatable bonds is 6. The molecular formula is C19H24N6S2. The topological polar surface area (TPSA) is 58.0 Å². The number of hydrogen-bond donors (Lipinski definition) is 0. The Bertz CT molecular complexity index is 876. The highest BCUT2D eigenvalue weighted by Gasteiger charge is 2.23. The maximum absolute atomic E-state index is 4.61. The third-order valence-electron chi connectivity index (χ3n) is 5.08. The lowest BCUT2D eigenvalue weighted by atomic mass is 9.96. The van der Waals surface area contributed by atoms with E-state index in [1.54, 1.807) is 29.4 Å². The van der Waals surface area contributed by atoms with Gasteiger partial charge >= 0.3 is 0 Å². The number of hydrogen-bond acceptors (Lipinski definition) is 8. The fourth-order valence-corrected chi connectivity index (χ4v) is 5.13. The lowest BCUT2D eigenvalue weighted by Gasteiger charge is -2.35. The first-order valence-corrected chi connectivity index (χ1v) is 11.4. The van der Waals surface area contributed by atoms with Crippen LogP contribution in [0.5, 0.6) is 0 Å². The number of piperidine rings is 1. The molecule has 3 aromatic heterocycles. The van der Waals surface area contributed by atoms with Gasteiger partial charge in [-0.2, -0.15) is 0 Å². The molecule has 0 amide bonds. The third kappa shape index (κ3) is 4.01. The van der Waals surface area contributed by atoms with E-state index >= 15 is 0 Å². The van der Waals surface area contributed by atoms with Crippen LogP contribution in [-0.2, 0) is 0 Å². The van der Waals surface area contributed by atoms with Crippen molar-refractivity contribution in [2.24, 2.45) is 5.92 Å². The van der Waals surface area contributed by atoms with Gasteiger partial charge < -0.3 is 9.80 Å². The lowest BCUT2D eigenvalue weighted by Crippen LogP contribution is -2.39. The van der Waals surface area contributed by atoms with Crippen LogP contribution in [0.2, 0.25) is 0 Å². The zero-order chi connectivity index (χ0) is 18.6. The van der Waals surface area contributed by atoms with Crippen LogP contribution in [0, 0.1) is 5.92 Å². The number of pyridine rings is 1. The van der Waals surface area contributed by atoms with Gasteiger partial charge in [-0.05, 0) is 44.1 Å². The molecule has 0 atom stereocenters. The summed E-state index contributed by atoms with van der Waals surface area (Å²) in [6.07, 6.45) is 7.93. The number of aromatic nitrogens is 4. The number of thiazole rings is 1. The molecule has 0 aliphatic carbocycles. The minimum absolute atomic E-state index is 0.669. The molecule has 0 unspecified atom stereocenters. The van der Waals surface area contributed by atoms with Crippen LogP contribution >= 0.6 is 23.1 Å². The highest BCUT2D eigenvalue weighted by molar-refractivity contribution is 8.00. The Balaban J connectivity index is 1.45. The molecule has 1 fully saturated rings. The van der Waals surface area contributed by atoms with Gasteiger partial charge in [0.25, 0.3) is 0 Å². The van der Waals surface area contributed by atoms with E-state index in [0.29, 0.717) is 5.92 Å². The molecule has 0 spiro atoms. The maximum atomic E-state index is 4.61. The van der Waals surface area contributed by atoms with Crippen LogP contribution in [0.1, 0.15) is 19.8 Å². The summed E-state index contributed by atoms with van der Waals surface area (Å²) in [5.74, 6) is 2.80. The summed E-state index contributed by atoms with van der Waals surface area (Å²) < 4.78 is 2.15. The summed E-state index contributed by atoms with van der Waals surface area (Å²) in [5, 5.41) is 0. The van der Waals surface area contributed by atoms with Gasteiger partial charge in [0.15, 0.2) is 15.8 Å². The molecule has 8 heteroatoms. The van der Waals surface area contributed by atoms with Crippen molar-refractivity contribution in [1.82, 2.24) is 19.9 Å². The van der Waals surface area contributed by atoms with E-state index < -0.39 is 0 Å². The van der Waals surface area contributed by atoms with E-state index in [1.807, 2.05) is 12.3 Å². The Morgan fingerprint density at radius 3 is 2.78 bits per heavy atom. The van der Waals surface area contributed by atoms with E-state index in [0.717, 1.165) is 52.5 Å². The minimum Gasteiger partial charge on any atom is -0.357 e. The summed E-state index contributed by atoms with van der Waals surface area (Å²) in [5.41, 5.74) is 0.817. The van der Waals surface area contributed by atoms with Gasteiger partial charge in [-0.1, -0.05) is 17.8 Å². The van der Waals surface area contributed by atoms with Gasteiger partial charge in [0, 0.05) is 32.4 Å². The molecule has 0 saturated carbocycles. The van der Waals surface area contributed by atoms with Crippen LogP contribution in [0.15, 0.2) is 35.1 Å². The summed E-state index contributed by atoms with van der Waals surface area (Å²) in [6, 6.07) is 6.13. The van der Waals surface area contributed by atoms with Gasteiger partial charge in [0.05, 0.1) is 0 Å². The lowest BCUT2D eigenvalue weighted by molar-refractivity contribution is 0.403. The van der Waals surface area contributed by atoms with Crippen molar-refractivity contribution < 1.29 is 0 Å². The third-order valence-corrected chi connectivity index (χ3v) is 7.10. The standard InChI is InChI=1S/C19H24N6S2/c1-3-24(18-16-17(21-13-22-18)23-19(26-2)27-16)12-14-7-10-25(11-8-14)15-6-4-5-9-20-15/h4-6,9,13-14H,3,7-8,10-12H2,1-2H3. The number of fused-ring (bicyclic) bond motifs is 1. The molecule has 0 N–H and O–H groups in total. The van der Waals surface area contributed by atoms with E-state index in [9.17, 15) is 0 Å². The second-order valence-electron chi connectivity index (χ2n) is 6.69. The fraction of sp³-hybridized carbons (Fsp3) is 0.474. The van der Waals surface area contributed by atoms with E-state index in [-0.39, 0.29) is 0 Å². The molecular weight excluding hydrogens is 376 g/mol. The van der Waals surface area contributed by atoms with Crippen LogP contribution in [-0.4, -0.2) is 52.4 Å². The average molecular weight is 401 g/mol. The Morgan fingerprint density at radius 1 is 1.22 bits per heavy atom. The van der Waals surface area contributed by atoms with Gasteiger partial charge in [-0.25, -0.2) is 19.9 Å². The van der Waals surface area contributed by atoms with Crippen molar-refractivity contribution in [2.45, 2.75) is 24.1 Å². The summed E-state index contributed by atoms with van der Waals surface area (Å²) in [4.78, 5) is 22.8. The normalized spacial score (nSPS) is 15.4. The monoisotopic (exact) mass is 400 g/mol. The van der Waals surface area contributed by atoms with Gasteiger partial charge in [-0.15, -0.1) is 11.3 Å². The average Bonchev–Trinajstić information content (AvgIpc) is 3.17. The van der Waals surface area contributed by atoms with Crippen molar-refractivity contribution in [3.63, 3.8) is 0 Å². The fourth-order valence-electron chi connectivity index (χ4n) is 3.60. The number of nitrogens with zero attached hydrogens (tertiary/aromatic N) is 6. The predicted molar refractivity (Wildman–Crippen MR) is 114 cm³/mol. The van der Waals surface area contributed by atoms with Crippen LogP contribution in [0.25, 0.3) is 10.3 Å². The first kappa shape index (κ1) is 18.4. The Hall–Kier alpha value is -1.93. The van der Waals surface area contributed by atoms with Gasteiger partial charge in [0.1, 0.15) is 16.8 Å². The number of thioether (sulfide) groups is 1. The molecule has 3 aromatic rings. The minimum atomic E-state index is 0.669. The quantitative estimate of drug-likeness (QED) is 0.581. The van der Waals surface area contributed by atoms with Crippen molar-refractivity contribution in [1.29, 1.82) is 0 Å². The van der Waals surface area contributed by atoms with Crippen molar-refractivity contribution in [3.05, 3.63) is 30.7 Å². The van der Waals surface area contributed by atoms with Gasteiger partial charge in [-0.3, -0.25) is 0 Å². The van der Waals surface area contributed by atoms with Crippen LogP contribution in [0.4, 0.5) is 11.6 Å². The zero-order valence-corrected chi connectivity index (χ0v) is 17.3. The molecule has 4 heterocycles. The molecule has 0 bridgehead atoms. The molecule has 4 rings (SSSR count). The smallest absolute Gasteiger partial charge is 0.176 e. The molecule has 1 saturated heterocycles. The van der Waals surface area contributed by atoms with Crippen molar-refractivity contribution >= 4 is 45.1 Å². The first-order chi connectivity index (χ1) is 13.3. The Labute approximate surface area is 168 Å². The molecule has 0 aromatic carbocycles. The van der Waals surface area contributed by atoms with Crippen LogP contribution in [0.3, 0.4) is 0 Å². The molecule has 0 radical (unpaired) electrons. The Kier molecular flexibility index (Phi) is 5.73. The zero-order valence-electron chi connectivity index (χ0n) is 15.7. The van der Waals surface area contributed by atoms with Gasteiger partial charge in [0.2, 0.25) is 0 Å². The molecule has 1 aliphatic rings. The maximum Gasteiger partial charge on any atom is 0.176 e. The summed E-state index contributed by atoms with van der Waals surface area (Å²) in [6.45, 7) is 6.31. The van der Waals surface area contributed by atoms with Crippen molar-refractivity contribution in [3.8, 4) is 0 Å².